The highest BCUT2D eigenvalue weighted by molar-refractivity contribution is 5.38. The molecule has 4 heteroatoms. The summed E-state index contributed by atoms with van der Waals surface area (Å²) in [6.45, 7) is 19.5. The summed E-state index contributed by atoms with van der Waals surface area (Å²) in [7, 11) is 0. The second-order valence-electron chi connectivity index (χ2n) is 8.52. The molecule has 0 amide bonds. The lowest BCUT2D eigenvalue weighted by molar-refractivity contribution is -0.142. The van der Waals surface area contributed by atoms with E-state index in [-0.39, 0.29) is 22.5 Å². The molecule has 0 aliphatic carbocycles. The lowest BCUT2D eigenvalue weighted by atomic mass is 9.84. The highest BCUT2D eigenvalue weighted by Crippen LogP contribution is 2.28. The fourth-order valence-corrected chi connectivity index (χ4v) is 2.45. The molecule has 1 atom stereocenters. The maximum Gasteiger partial charge on any atom is 0.293 e. The lowest BCUT2D eigenvalue weighted by Crippen LogP contribution is -2.29. The smallest absolute Gasteiger partial charge is 0.293 e. The van der Waals surface area contributed by atoms with Crippen molar-refractivity contribution in [2.45, 2.75) is 86.9 Å². The van der Waals surface area contributed by atoms with Crippen LogP contribution in [0.25, 0.3) is 0 Å². The molecule has 4 nitrogen and oxygen atoms in total. The Balaban J connectivity index is 0. The maximum absolute atomic E-state index is 10.1. The average Bonchev–Trinajstić information content (AvgIpc) is 2.10. The Morgan fingerprint density at radius 2 is 1.33 bits per heavy atom. The first-order chi connectivity index (χ1) is 9.22. The molecular formula is C17H34O4. The summed E-state index contributed by atoms with van der Waals surface area (Å²) in [5, 5.41) is 0. The van der Waals surface area contributed by atoms with E-state index in [1.165, 1.54) is 0 Å². The predicted octanol–water partition coefficient (Wildman–Crippen LogP) is 4.36. The molecule has 0 rings (SSSR count). The predicted molar refractivity (Wildman–Crippen MR) is 86.0 cm³/mol. The first-order valence-corrected chi connectivity index (χ1v) is 7.43. The van der Waals surface area contributed by atoms with Crippen LogP contribution in [0.15, 0.2) is 0 Å². The Morgan fingerprint density at radius 3 is 1.62 bits per heavy atom. The van der Waals surface area contributed by atoms with E-state index in [4.69, 9.17) is 9.47 Å². The maximum atomic E-state index is 10.1. The minimum Gasteiger partial charge on any atom is -0.465 e. The van der Waals surface area contributed by atoms with Crippen LogP contribution in [-0.2, 0) is 19.1 Å². The van der Waals surface area contributed by atoms with Crippen LogP contribution in [-0.4, -0.2) is 24.6 Å². The van der Waals surface area contributed by atoms with E-state index >= 15 is 0 Å². The third-order valence-corrected chi connectivity index (χ3v) is 2.51. The molecule has 0 saturated carbocycles. The van der Waals surface area contributed by atoms with Crippen molar-refractivity contribution < 1.29 is 19.1 Å². The van der Waals surface area contributed by atoms with Crippen molar-refractivity contribution >= 4 is 12.9 Å². The molecule has 0 bridgehead atoms. The highest BCUT2D eigenvalue weighted by Gasteiger charge is 2.26. The molecule has 0 aromatic rings. The van der Waals surface area contributed by atoms with Crippen LogP contribution in [0.1, 0.15) is 75.2 Å². The molecule has 0 aliphatic heterocycles. The average molecular weight is 302 g/mol. The van der Waals surface area contributed by atoms with Crippen LogP contribution in [0.3, 0.4) is 0 Å². The van der Waals surface area contributed by atoms with Crippen molar-refractivity contribution in [3.05, 3.63) is 0 Å². The van der Waals surface area contributed by atoms with E-state index in [0.29, 0.717) is 12.9 Å². The summed E-state index contributed by atoms with van der Waals surface area (Å²) in [6.07, 6.45) is 1.82. The van der Waals surface area contributed by atoms with Gasteiger partial charge in [-0.05, 0) is 44.4 Å². The number of ether oxygens (including phenoxy) is 2. The largest absolute Gasteiger partial charge is 0.465 e. The Morgan fingerprint density at radius 1 is 0.857 bits per heavy atom. The number of carbonyl (C=O) groups is 2. The molecule has 0 radical (unpaired) electrons. The second-order valence-corrected chi connectivity index (χ2v) is 8.52. The molecule has 0 spiro atoms. The third-order valence-electron chi connectivity index (χ3n) is 2.51. The topological polar surface area (TPSA) is 52.6 Å². The second kappa shape index (κ2) is 9.06. The zero-order chi connectivity index (χ0) is 17.3. The Labute approximate surface area is 130 Å². The van der Waals surface area contributed by atoms with Crippen molar-refractivity contribution in [1.29, 1.82) is 0 Å². The van der Waals surface area contributed by atoms with Crippen molar-refractivity contribution in [1.82, 2.24) is 0 Å². The summed E-state index contributed by atoms with van der Waals surface area (Å²) in [6, 6.07) is 0. The lowest BCUT2D eigenvalue weighted by Gasteiger charge is -2.30. The number of carbonyl (C=O) groups excluding carboxylic acids is 2. The summed E-state index contributed by atoms with van der Waals surface area (Å²) < 4.78 is 9.66. The van der Waals surface area contributed by atoms with Gasteiger partial charge in [-0.1, -0.05) is 41.5 Å². The number of hydrogen-bond acceptors (Lipinski definition) is 4. The van der Waals surface area contributed by atoms with Gasteiger partial charge >= 0.3 is 0 Å². The first-order valence-electron chi connectivity index (χ1n) is 7.43. The zero-order valence-corrected chi connectivity index (χ0v) is 15.3. The fraction of sp³-hybridized carbons (Fsp3) is 0.882. The van der Waals surface area contributed by atoms with Gasteiger partial charge in [0.15, 0.2) is 0 Å². The van der Waals surface area contributed by atoms with Gasteiger partial charge in [0, 0.05) is 0 Å². The quantitative estimate of drug-likeness (QED) is 0.684. The van der Waals surface area contributed by atoms with Crippen molar-refractivity contribution in [2.24, 2.45) is 10.8 Å². The SMILES string of the molecule is CC(C)(C)CC(C)(C)OC=O.CC(CC(C)(C)C)OC=O. The Kier molecular flexibility index (Phi) is 9.59. The van der Waals surface area contributed by atoms with Gasteiger partial charge in [-0.15, -0.1) is 0 Å². The van der Waals surface area contributed by atoms with Crippen LogP contribution >= 0.6 is 0 Å². The standard InChI is InChI=1S/C9H18O2.C8H16O2/c1-8(2,3)6-9(4,5)11-7-10;1-7(10-6-9)5-8(2,3)4/h7H,6H2,1-5H3;6-7H,5H2,1-4H3. The number of hydrogen-bond donors (Lipinski definition) is 0. The molecule has 1 unspecified atom stereocenters. The summed E-state index contributed by atoms with van der Waals surface area (Å²) in [5.41, 5.74) is 0.106. The first kappa shape index (κ1) is 22.2. The van der Waals surface area contributed by atoms with Crippen LogP contribution in [0.4, 0.5) is 0 Å². The van der Waals surface area contributed by atoms with Gasteiger partial charge in [-0.3, -0.25) is 9.59 Å². The van der Waals surface area contributed by atoms with E-state index in [9.17, 15) is 9.59 Å². The normalized spacial score (nSPS) is 13.6. The highest BCUT2D eigenvalue weighted by atomic mass is 16.5. The minimum absolute atomic E-state index is 0.0394. The van der Waals surface area contributed by atoms with E-state index < -0.39 is 0 Å². The third kappa shape index (κ3) is 18.9. The molecule has 0 heterocycles. The van der Waals surface area contributed by atoms with Crippen molar-refractivity contribution in [3.8, 4) is 0 Å². The molecular weight excluding hydrogens is 268 g/mol. The fourth-order valence-electron chi connectivity index (χ4n) is 2.45. The van der Waals surface area contributed by atoms with Crippen LogP contribution < -0.4 is 0 Å². The molecule has 0 aromatic heterocycles. The van der Waals surface area contributed by atoms with Gasteiger partial charge < -0.3 is 9.47 Å². The Hall–Kier alpha value is -1.06. The summed E-state index contributed by atoms with van der Waals surface area (Å²) >= 11 is 0. The van der Waals surface area contributed by atoms with Crippen LogP contribution in [0.2, 0.25) is 0 Å². The summed E-state index contributed by atoms with van der Waals surface area (Å²) in [5.74, 6) is 0. The van der Waals surface area contributed by atoms with Gasteiger partial charge in [0.1, 0.15) is 5.60 Å². The number of rotatable bonds is 6. The van der Waals surface area contributed by atoms with Crippen LogP contribution in [0.5, 0.6) is 0 Å². The Bertz CT molecular complexity index is 295. The van der Waals surface area contributed by atoms with Gasteiger partial charge in [-0.25, -0.2) is 0 Å². The van der Waals surface area contributed by atoms with E-state index in [2.05, 4.69) is 41.5 Å². The molecule has 0 aromatic carbocycles. The monoisotopic (exact) mass is 302 g/mol. The molecule has 0 saturated heterocycles. The van der Waals surface area contributed by atoms with E-state index in [1.807, 2.05) is 20.8 Å². The zero-order valence-electron chi connectivity index (χ0n) is 15.3. The van der Waals surface area contributed by atoms with Crippen molar-refractivity contribution in [2.75, 3.05) is 0 Å². The van der Waals surface area contributed by atoms with E-state index in [1.54, 1.807) is 0 Å². The van der Waals surface area contributed by atoms with Crippen molar-refractivity contribution in [3.63, 3.8) is 0 Å². The van der Waals surface area contributed by atoms with Crippen LogP contribution in [0, 0.1) is 10.8 Å². The molecule has 126 valence electrons. The van der Waals surface area contributed by atoms with Gasteiger partial charge in [0.05, 0.1) is 6.10 Å². The molecule has 0 aliphatic rings. The van der Waals surface area contributed by atoms with Gasteiger partial charge in [0.2, 0.25) is 0 Å². The molecule has 0 fully saturated rings. The van der Waals surface area contributed by atoms with Gasteiger partial charge in [-0.2, -0.15) is 0 Å². The molecule has 0 N–H and O–H groups in total. The molecule has 21 heavy (non-hydrogen) atoms. The van der Waals surface area contributed by atoms with E-state index in [0.717, 1.165) is 12.8 Å². The summed E-state index contributed by atoms with van der Waals surface area (Å²) in [4.78, 5) is 20.0. The van der Waals surface area contributed by atoms with Gasteiger partial charge in [0.25, 0.3) is 12.9 Å². The minimum atomic E-state index is -0.333.